The van der Waals surface area contributed by atoms with Crippen LogP contribution in [0.1, 0.15) is 52.9 Å². The van der Waals surface area contributed by atoms with E-state index in [0.29, 0.717) is 0 Å². The Morgan fingerprint density at radius 2 is 1.67 bits per heavy atom. The highest BCUT2D eigenvalue weighted by Gasteiger charge is 2.45. The average molecular weight is 213 g/mol. The largest absolute Gasteiger partial charge is 0.300 e. The van der Waals surface area contributed by atoms with Crippen LogP contribution in [-0.2, 0) is 0 Å². The predicted octanol–water partition coefficient (Wildman–Crippen LogP) is 3.39. The Morgan fingerprint density at radius 3 is 2.00 bits per heavy atom. The maximum atomic E-state index is 14.6. The van der Waals surface area contributed by atoms with Crippen LogP contribution in [0.4, 0.5) is 4.39 Å². The fraction of sp³-hybridized carbons (Fsp3) is 1.00. The third kappa shape index (κ3) is 2.06. The molecule has 0 aromatic carbocycles. The van der Waals surface area contributed by atoms with E-state index in [4.69, 9.17) is 0 Å². The maximum absolute atomic E-state index is 14.6. The first-order valence-electron chi connectivity index (χ1n) is 6.35. The van der Waals surface area contributed by atoms with Crippen molar-refractivity contribution in [1.82, 2.24) is 4.90 Å². The van der Waals surface area contributed by atoms with Gasteiger partial charge in [-0.2, -0.15) is 0 Å². The van der Waals surface area contributed by atoms with Gasteiger partial charge in [-0.05, 0) is 31.1 Å². The molecule has 0 spiro atoms. The van der Waals surface area contributed by atoms with E-state index in [0.717, 1.165) is 32.0 Å². The summed E-state index contributed by atoms with van der Waals surface area (Å²) in [7, 11) is 0. The average Bonchev–Trinajstić information content (AvgIpc) is 2.04. The molecule has 0 radical (unpaired) electrons. The lowest BCUT2D eigenvalue weighted by Crippen LogP contribution is -2.52. The van der Waals surface area contributed by atoms with Crippen molar-refractivity contribution >= 4 is 0 Å². The van der Waals surface area contributed by atoms with Crippen molar-refractivity contribution in [2.45, 2.75) is 64.6 Å². The summed E-state index contributed by atoms with van der Waals surface area (Å²) in [5, 5.41) is 0. The van der Waals surface area contributed by atoms with Crippen LogP contribution in [0.15, 0.2) is 0 Å². The number of hydrogen-bond acceptors (Lipinski definition) is 1. The molecule has 1 nitrogen and oxygen atoms in total. The highest BCUT2D eigenvalue weighted by atomic mass is 19.1. The Kier molecular flexibility index (Phi) is 2.83. The van der Waals surface area contributed by atoms with Crippen LogP contribution in [0.3, 0.4) is 0 Å². The summed E-state index contributed by atoms with van der Waals surface area (Å²) in [6.45, 7) is 8.04. The van der Waals surface area contributed by atoms with Gasteiger partial charge in [0.15, 0.2) is 0 Å². The van der Waals surface area contributed by atoms with Crippen LogP contribution in [0, 0.1) is 5.41 Å². The zero-order valence-corrected chi connectivity index (χ0v) is 10.4. The number of nitrogens with zero attached hydrogens (tertiary/aromatic N) is 1. The second-order valence-corrected chi connectivity index (χ2v) is 6.34. The summed E-state index contributed by atoms with van der Waals surface area (Å²) < 4.78 is 14.6. The second kappa shape index (κ2) is 3.73. The molecule has 2 heteroatoms. The van der Waals surface area contributed by atoms with Crippen molar-refractivity contribution < 1.29 is 4.39 Å². The van der Waals surface area contributed by atoms with E-state index in [9.17, 15) is 4.39 Å². The zero-order chi connectivity index (χ0) is 11.1. The first kappa shape index (κ1) is 11.4. The molecule has 0 aromatic heterocycles. The van der Waals surface area contributed by atoms with Crippen LogP contribution in [-0.4, -0.2) is 29.7 Å². The number of piperidine rings is 1. The SMILES string of the molecule is CC(C)(C)C1(F)CCN(C2CCC2)CC1. The number of likely N-dealkylation sites (tertiary alicyclic amines) is 1. The smallest absolute Gasteiger partial charge is 0.118 e. The van der Waals surface area contributed by atoms with Gasteiger partial charge in [-0.3, -0.25) is 0 Å². The molecule has 0 unspecified atom stereocenters. The first-order valence-corrected chi connectivity index (χ1v) is 6.35. The number of halogens is 1. The number of rotatable bonds is 1. The highest BCUT2D eigenvalue weighted by molar-refractivity contribution is 4.97. The standard InChI is InChI=1S/C13H24FN/c1-12(2,3)13(14)7-9-15(10-8-13)11-5-4-6-11/h11H,4-10H2,1-3H3. The third-order valence-corrected chi connectivity index (χ3v) is 4.53. The van der Waals surface area contributed by atoms with Crippen LogP contribution in [0.2, 0.25) is 0 Å². The van der Waals surface area contributed by atoms with Crippen LogP contribution in [0.25, 0.3) is 0 Å². The molecule has 0 aromatic rings. The van der Waals surface area contributed by atoms with Crippen molar-refractivity contribution in [3.05, 3.63) is 0 Å². The molecule has 0 amide bonds. The van der Waals surface area contributed by atoms with Gasteiger partial charge in [0.1, 0.15) is 5.67 Å². The van der Waals surface area contributed by atoms with E-state index < -0.39 is 5.67 Å². The molecule has 0 bridgehead atoms. The van der Waals surface area contributed by atoms with Gasteiger partial charge in [0, 0.05) is 19.1 Å². The molecule has 1 saturated heterocycles. The van der Waals surface area contributed by atoms with Crippen molar-refractivity contribution in [1.29, 1.82) is 0 Å². The molecule has 0 atom stereocenters. The lowest BCUT2D eigenvalue weighted by atomic mass is 9.72. The molecule has 1 aliphatic heterocycles. The Morgan fingerprint density at radius 1 is 1.13 bits per heavy atom. The van der Waals surface area contributed by atoms with Gasteiger partial charge in [0.2, 0.25) is 0 Å². The number of hydrogen-bond donors (Lipinski definition) is 0. The van der Waals surface area contributed by atoms with E-state index in [-0.39, 0.29) is 5.41 Å². The van der Waals surface area contributed by atoms with Gasteiger partial charge in [-0.15, -0.1) is 0 Å². The molecule has 0 N–H and O–H groups in total. The fourth-order valence-corrected chi connectivity index (χ4v) is 2.75. The Labute approximate surface area is 93.0 Å². The van der Waals surface area contributed by atoms with Crippen molar-refractivity contribution in [3.63, 3.8) is 0 Å². The molecule has 1 saturated carbocycles. The Bertz CT molecular complexity index is 219. The lowest BCUT2D eigenvalue weighted by Gasteiger charge is -2.48. The van der Waals surface area contributed by atoms with Crippen LogP contribution < -0.4 is 0 Å². The van der Waals surface area contributed by atoms with Crippen molar-refractivity contribution in [2.24, 2.45) is 5.41 Å². The minimum absolute atomic E-state index is 0.196. The molecular weight excluding hydrogens is 189 g/mol. The molecular formula is C13H24FN. The van der Waals surface area contributed by atoms with E-state index in [1.807, 2.05) is 20.8 Å². The first-order chi connectivity index (χ1) is 6.92. The summed E-state index contributed by atoms with van der Waals surface area (Å²) in [4.78, 5) is 2.51. The van der Waals surface area contributed by atoms with Crippen LogP contribution >= 0.6 is 0 Å². The minimum atomic E-state index is -0.937. The van der Waals surface area contributed by atoms with Crippen molar-refractivity contribution in [3.8, 4) is 0 Å². The van der Waals surface area contributed by atoms with Crippen LogP contribution in [0.5, 0.6) is 0 Å². The second-order valence-electron chi connectivity index (χ2n) is 6.34. The third-order valence-electron chi connectivity index (χ3n) is 4.53. The summed E-state index contributed by atoms with van der Waals surface area (Å²) in [5.41, 5.74) is -1.13. The van der Waals surface area contributed by atoms with Gasteiger partial charge >= 0.3 is 0 Å². The predicted molar refractivity (Wildman–Crippen MR) is 61.7 cm³/mol. The van der Waals surface area contributed by atoms with Gasteiger partial charge in [-0.1, -0.05) is 27.2 Å². The molecule has 88 valence electrons. The topological polar surface area (TPSA) is 3.24 Å². The van der Waals surface area contributed by atoms with Gasteiger partial charge in [-0.25, -0.2) is 4.39 Å². The van der Waals surface area contributed by atoms with E-state index in [1.54, 1.807) is 0 Å². The molecule has 1 heterocycles. The maximum Gasteiger partial charge on any atom is 0.118 e. The normalized spacial score (nSPS) is 28.8. The quantitative estimate of drug-likeness (QED) is 0.645. The molecule has 2 fully saturated rings. The molecule has 2 aliphatic rings. The van der Waals surface area contributed by atoms with Gasteiger partial charge < -0.3 is 4.90 Å². The van der Waals surface area contributed by atoms with Gasteiger partial charge in [0.25, 0.3) is 0 Å². The summed E-state index contributed by atoms with van der Waals surface area (Å²) >= 11 is 0. The zero-order valence-electron chi connectivity index (χ0n) is 10.4. The van der Waals surface area contributed by atoms with E-state index >= 15 is 0 Å². The van der Waals surface area contributed by atoms with E-state index in [2.05, 4.69) is 4.90 Å². The lowest BCUT2D eigenvalue weighted by molar-refractivity contribution is -0.0465. The highest BCUT2D eigenvalue weighted by Crippen LogP contribution is 2.43. The Balaban J connectivity index is 1.90. The molecule has 2 rings (SSSR count). The number of alkyl halides is 1. The molecule has 1 aliphatic carbocycles. The fourth-order valence-electron chi connectivity index (χ4n) is 2.75. The Hall–Kier alpha value is -0.110. The van der Waals surface area contributed by atoms with E-state index in [1.165, 1.54) is 19.3 Å². The summed E-state index contributed by atoms with van der Waals surface area (Å²) in [6, 6.07) is 0.787. The minimum Gasteiger partial charge on any atom is -0.300 e. The van der Waals surface area contributed by atoms with Gasteiger partial charge in [0.05, 0.1) is 0 Å². The monoisotopic (exact) mass is 213 g/mol. The summed E-state index contributed by atoms with van der Waals surface area (Å²) in [6.07, 6.45) is 5.52. The van der Waals surface area contributed by atoms with Crippen molar-refractivity contribution in [2.75, 3.05) is 13.1 Å². The summed E-state index contributed by atoms with van der Waals surface area (Å²) in [5.74, 6) is 0. The molecule has 15 heavy (non-hydrogen) atoms.